The monoisotopic (exact) mass is 436 g/mol. The molecule has 28 heavy (non-hydrogen) atoms. The van der Waals surface area contributed by atoms with Gasteiger partial charge < -0.3 is 14.3 Å². The van der Waals surface area contributed by atoms with Crippen LogP contribution in [0.5, 0.6) is 5.75 Å². The molecule has 0 radical (unpaired) electrons. The molecular formula is C19H14Cl2N2O4S. The number of nitrogens with zero attached hydrogens (tertiary/aromatic N) is 2. The first-order valence-electron chi connectivity index (χ1n) is 8.01. The summed E-state index contributed by atoms with van der Waals surface area (Å²) in [5.41, 5.74) is 1.44. The van der Waals surface area contributed by atoms with Gasteiger partial charge in [0, 0.05) is 12.5 Å². The molecule has 0 spiro atoms. The van der Waals surface area contributed by atoms with E-state index in [2.05, 4.69) is 10.2 Å². The maximum absolute atomic E-state index is 11.6. The fourth-order valence-electron chi connectivity index (χ4n) is 2.21. The zero-order valence-corrected chi connectivity index (χ0v) is 16.9. The Morgan fingerprint density at radius 3 is 2.68 bits per heavy atom. The average molecular weight is 437 g/mol. The summed E-state index contributed by atoms with van der Waals surface area (Å²) in [6, 6.07) is 12.3. The summed E-state index contributed by atoms with van der Waals surface area (Å²) in [6.07, 6.45) is 1.50. The molecule has 1 heterocycles. The van der Waals surface area contributed by atoms with Gasteiger partial charge in [0.2, 0.25) is 5.89 Å². The molecule has 1 N–H and O–H groups in total. The molecule has 3 rings (SSSR count). The van der Waals surface area contributed by atoms with Crippen LogP contribution in [0, 0.1) is 6.92 Å². The van der Waals surface area contributed by atoms with Crippen molar-refractivity contribution in [3.63, 3.8) is 0 Å². The normalized spacial score (nSPS) is 11.5. The van der Waals surface area contributed by atoms with Crippen molar-refractivity contribution in [1.29, 1.82) is 0 Å². The molecule has 0 atom stereocenters. The van der Waals surface area contributed by atoms with E-state index in [1.807, 2.05) is 6.07 Å². The minimum absolute atomic E-state index is 0.0224. The summed E-state index contributed by atoms with van der Waals surface area (Å²) < 4.78 is 11.1. The number of ether oxygens (including phenoxy) is 1. The Labute approximate surface area is 175 Å². The number of benzene rings is 2. The molecule has 9 heteroatoms. The van der Waals surface area contributed by atoms with Crippen molar-refractivity contribution in [3.8, 4) is 5.75 Å². The molecule has 0 aliphatic heterocycles. The third-order valence-corrected chi connectivity index (χ3v) is 5.09. The van der Waals surface area contributed by atoms with Crippen LogP contribution in [0.3, 0.4) is 0 Å². The van der Waals surface area contributed by atoms with E-state index >= 15 is 0 Å². The van der Waals surface area contributed by atoms with Crippen LogP contribution < -0.4 is 4.74 Å². The second-order valence-electron chi connectivity index (χ2n) is 5.58. The van der Waals surface area contributed by atoms with Gasteiger partial charge in [-0.1, -0.05) is 47.5 Å². The molecular weight excluding hydrogens is 423 g/mol. The first-order valence-corrected chi connectivity index (χ1v) is 9.58. The van der Waals surface area contributed by atoms with Gasteiger partial charge in [-0.2, -0.15) is 0 Å². The number of hydrogen-bond acceptors (Lipinski definition) is 6. The fraction of sp³-hybridized carbons (Fsp3) is 0.105. The molecule has 3 aromatic rings. The van der Waals surface area contributed by atoms with Crippen LogP contribution in [0.15, 0.2) is 57.0 Å². The van der Waals surface area contributed by atoms with E-state index in [0.717, 1.165) is 17.3 Å². The van der Waals surface area contributed by atoms with E-state index in [9.17, 15) is 9.90 Å². The topological polar surface area (TPSA) is 85.5 Å². The lowest BCUT2D eigenvalue weighted by Gasteiger charge is -2.10. The Morgan fingerprint density at radius 2 is 2.00 bits per heavy atom. The van der Waals surface area contributed by atoms with Crippen molar-refractivity contribution >= 4 is 47.0 Å². The second-order valence-corrected chi connectivity index (χ2v) is 7.39. The van der Waals surface area contributed by atoms with Gasteiger partial charge in [0.05, 0.1) is 10.0 Å². The standard InChI is InChI=1S/C19H14Cl2N2O4S/c1-11-22-23-19(27-11)28-17(18(24)25)9-13-4-2-3-5-16(13)26-10-12-6-7-14(20)15(21)8-12/h2-9H,10H2,1H3,(H,24,25)/b17-9-. The van der Waals surface area contributed by atoms with Gasteiger partial charge in [-0.3, -0.25) is 0 Å². The first-order chi connectivity index (χ1) is 13.4. The third kappa shape index (κ3) is 5.28. The van der Waals surface area contributed by atoms with E-state index in [4.69, 9.17) is 32.4 Å². The lowest BCUT2D eigenvalue weighted by Crippen LogP contribution is -1.99. The van der Waals surface area contributed by atoms with E-state index in [1.165, 1.54) is 6.08 Å². The molecule has 0 amide bonds. The smallest absolute Gasteiger partial charge is 0.342 e. The number of rotatable bonds is 7. The summed E-state index contributed by atoms with van der Waals surface area (Å²) in [7, 11) is 0. The Morgan fingerprint density at radius 1 is 1.21 bits per heavy atom. The van der Waals surface area contributed by atoms with Crippen molar-refractivity contribution in [2.24, 2.45) is 0 Å². The molecule has 0 bridgehead atoms. The fourth-order valence-corrected chi connectivity index (χ4v) is 3.24. The average Bonchev–Trinajstić information content (AvgIpc) is 3.08. The summed E-state index contributed by atoms with van der Waals surface area (Å²) in [4.78, 5) is 11.7. The van der Waals surface area contributed by atoms with Crippen LogP contribution in [-0.2, 0) is 11.4 Å². The van der Waals surface area contributed by atoms with Gasteiger partial charge in [-0.15, -0.1) is 10.2 Å². The van der Waals surface area contributed by atoms with Gasteiger partial charge in [0.1, 0.15) is 17.3 Å². The van der Waals surface area contributed by atoms with E-state index < -0.39 is 5.97 Å². The number of thioether (sulfide) groups is 1. The predicted octanol–water partition coefficient (Wildman–Crippen LogP) is 5.48. The van der Waals surface area contributed by atoms with Crippen molar-refractivity contribution in [3.05, 3.63) is 74.4 Å². The van der Waals surface area contributed by atoms with E-state index in [0.29, 0.717) is 27.2 Å². The van der Waals surface area contributed by atoms with Crippen LogP contribution in [0.2, 0.25) is 10.0 Å². The van der Waals surface area contributed by atoms with Gasteiger partial charge >= 0.3 is 5.97 Å². The highest BCUT2D eigenvalue weighted by atomic mass is 35.5. The van der Waals surface area contributed by atoms with Crippen LogP contribution >= 0.6 is 35.0 Å². The highest BCUT2D eigenvalue weighted by Crippen LogP contribution is 2.30. The number of carboxylic acid groups (broad SMARTS) is 1. The molecule has 144 valence electrons. The van der Waals surface area contributed by atoms with Crippen molar-refractivity contribution in [2.45, 2.75) is 18.8 Å². The Bertz CT molecular complexity index is 1040. The molecule has 6 nitrogen and oxygen atoms in total. The van der Waals surface area contributed by atoms with Crippen molar-refractivity contribution < 1.29 is 19.1 Å². The highest BCUT2D eigenvalue weighted by Gasteiger charge is 2.15. The van der Waals surface area contributed by atoms with Gasteiger partial charge in [-0.05, 0) is 41.6 Å². The zero-order valence-electron chi connectivity index (χ0n) is 14.6. The summed E-state index contributed by atoms with van der Waals surface area (Å²) in [5.74, 6) is -0.229. The van der Waals surface area contributed by atoms with Crippen molar-refractivity contribution in [1.82, 2.24) is 10.2 Å². The zero-order chi connectivity index (χ0) is 20.1. The van der Waals surface area contributed by atoms with Crippen LogP contribution in [0.1, 0.15) is 17.0 Å². The second kappa shape index (κ2) is 9.14. The third-order valence-electron chi connectivity index (χ3n) is 3.50. The quantitative estimate of drug-likeness (QED) is 0.387. The number of carbonyl (C=O) groups is 1. The molecule has 2 aromatic carbocycles. The Kier molecular flexibility index (Phi) is 6.61. The minimum atomic E-state index is -1.11. The van der Waals surface area contributed by atoms with Gasteiger partial charge in [0.25, 0.3) is 5.22 Å². The summed E-state index contributed by atoms with van der Waals surface area (Å²) >= 11 is 12.8. The predicted molar refractivity (Wildman–Crippen MR) is 108 cm³/mol. The molecule has 0 aliphatic carbocycles. The lowest BCUT2D eigenvalue weighted by atomic mass is 10.2. The number of aryl methyl sites for hydroxylation is 1. The first kappa shape index (κ1) is 20.3. The van der Waals surface area contributed by atoms with Gasteiger partial charge in [0.15, 0.2) is 0 Å². The Balaban J connectivity index is 1.82. The lowest BCUT2D eigenvalue weighted by molar-refractivity contribution is -0.131. The summed E-state index contributed by atoms with van der Waals surface area (Å²) in [5, 5.41) is 18.1. The molecule has 1 aromatic heterocycles. The van der Waals surface area contributed by atoms with Gasteiger partial charge in [-0.25, -0.2) is 4.79 Å². The molecule has 0 saturated carbocycles. The SMILES string of the molecule is Cc1nnc(S/C(=C\c2ccccc2OCc2ccc(Cl)c(Cl)c2)C(=O)O)o1. The van der Waals surface area contributed by atoms with E-state index in [-0.39, 0.29) is 16.7 Å². The minimum Gasteiger partial charge on any atom is -0.488 e. The largest absolute Gasteiger partial charge is 0.488 e. The highest BCUT2D eigenvalue weighted by molar-refractivity contribution is 8.03. The number of halogens is 2. The van der Waals surface area contributed by atoms with Crippen molar-refractivity contribution in [2.75, 3.05) is 0 Å². The Hall–Kier alpha value is -2.48. The maximum Gasteiger partial charge on any atom is 0.342 e. The number of para-hydroxylation sites is 1. The van der Waals surface area contributed by atoms with Crippen LogP contribution in [0.4, 0.5) is 0 Å². The molecule has 0 aliphatic rings. The van der Waals surface area contributed by atoms with Crippen LogP contribution in [0.25, 0.3) is 6.08 Å². The number of carboxylic acids is 1. The van der Waals surface area contributed by atoms with E-state index in [1.54, 1.807) is 43.3 Å². The number of aromatic nitrogens is 2. The number of aliphatic carboxylic acids is 1. The summed E-state index contributed by atoms with van der Waals surface area (Å²) in [6.45, 7) is 1.88. The molecule has 0 unspecified atom stereocenters. The van der Waals surface area contributed by atoms with Crippen LogP contribution in [-0.4, -0.2) is 21.3 Å². The maximum atomic E-state index is 11.6. The molecule has 0 fully saturated rings. The number of hydrogen-bond donors (Lipinski definition) is 1. The molecule has 0 saturated heterocycles.